The lowest BCUT2D eigenvalue weighted by Gasteiger charge is -2.33. The number of nitrogens with zero attached hydrogens (tertiary/aromatic N) is 3. The smallest absolute Gasteiger partial charge is 0.416 e. The number of rotatable bonds is 4. The molecule has 0 N–H and O–H groups in total. The third kappa shape index (κ3) is 5.55. The van der Waals surface area contributed by atoms with E-state index in [0.717, 1.165) is 11.9 Å². The fraction of sp³-hybridized carbons (Fsp3) is 0.360. The van der Waals surface area contributed by atoms with Crippen molar-refractivity contribution >= 4 is 17.7 Å². The molecule has 0 unspecified atom stereocenters. The van der Waals surface area contributed by atoms with E-state index in [1.165, 1.54) is 42.3 Å². The molecule has 1 fully saturated rings. The predicted octanol–water partition coefficient (Wildman–Crippen LogP) is 5.26. The Balaban J connectivity index is 1.66. The molecule has 38 heavy (non-hydrogen) atoms. The minimum absolute atomic E-state index is 0.0103. The van der Waals surface area contributed by atoms with Gasteiger partial charge in [-0.1, -0.05) is 12.1 Å². The van der Waals surface area contributed by atoms with Gasteiger partial charge >= 0.3 is 24.4 Å². The Bertz CT molecular complexity index is 1230. The maximum Gasteiger partial charge on any atom is 0.416 e. The number of alkyl halides is 6. The summed E-state index contributed by atoms with van der Waals surface area (Å²) in [6, 6.07) is 5.01. The molecule has 2 heterocycles. The highest BCUT2D eigenvalue weighted by atomic mass is 19.4. The number of cyclic esters (lactones) is 1. The maximum absolute atomic E-state index is 13.5. The number of benzene rings is 2. The van der Waals surface area contributed by atoms with Gasteiger partial charge in [0.05, 0.1) is 22.9 Å². The van der Waals surface area contributed by atoms with Crippen LogP contribution in [0, 0.1) is 5.82 Å². The summed E-state index contributed by atoms with van der Waals surface area (Å²) in [5.74, 6) is -1.43. The van der Waals surface area contributed by atoms with E-state index in [0.29, 0.717) is 29.9 Å². The van der Waals surface area contributed by atoms with Crippen LogP contribution in [0.5, 0.6) is 0 Å². The van der Waals surface area contributed by atoms with E-state index in [4.69, 9.17) is 4.74 Å². The van der Waals surface area contributed by atoms with Crippen LogP contribution in [-0.4, -0.2) is 61.6 Å². The Kier molecular flexibility index (Phi) is 7.06. The topological polar surface area (TPSA) is 53.1 Å². The Hall–Kier alpha value is -3.77. The first kappa shape index (κ1) is 27.3. The monoisotopic (exact) mass is 545 g/mol. The maximum atomic E-state index is 13.5. The molecule has 6 nitrogen and oxygen atoms in total. The molecule has 0 saturated carbocycles. The van der Waals surface area contributed by atoms with Gasteiger partial charge in [-0.15, -0.1) is 0 Å². The molecule has 0 aliphatic carbocycles. The third-order valence-electron chi connectivity index (χ3n) is 6.69. The molecule has 0 bridgehead atoms. The van der Waals surface area contributed by atoms with Crippen LogP contribution in [0.15, 0.2) is 54.2 Å². The van der Waals surface area contributed by atoms with Gasteiger partial charge in [0.1, 0.15) is 12.4 Å². The summed E-state index contributed by atoms with van der Waals surface area (Å²) >= 11 is 0. The summed E-state index contributed by atoms with van der Waals surface area (Å²) in [6.45, 7) is 0.516. The van der Waals surface area contributed by atoms with Crippen LogP contribution >= 0.6 is 0 Å². The molecule has 204 valence electrons. The first-order chi connectivity index (χ1) is 17.6. The molecule has 0 radical (unpaired) electrons. The lowest BCUT2D eigenvalue weighted by atomic mass is 9.93. The Labute approximate surface area is 212 Å². The molecule has 0 aromatic heterocycles. The summed E-state index contributed by atoms with van der Waals surface area (Å²) in [5, 5.41) is 0. The minimum Gasteiger partial charge on any atom is -0.456 e. The number of halogens is 7. The molecule has 2 amide bonds. The molecule has 13 heteroatoms. The number of urea groups is 1. The lowest BCUT2D eigenvalue weighted by Crippen LogP contribution is -2.47. The number of anilines is 1. The van der Waals surface area contributed by atoms with Crippen LogP contribution in [0.25, 0.3) is 0 Å². The first-order valence-electron chi connectivity index (χ1n) is 11.3. The number of hydrogen-bond acceptors (Lipinski definition) is 4. The van der Waals surface area contributed by atoms with E-state index >= 15 is 0 Å². The van der Waals surface area contributed by atoms with Crippen molar-refractivity contribution in [3.05, 3.63) is 76.7 Å². The second-order valence-electron chi connectivity index (χ2n) is 9.09. The Morgan fingerprint density at radius 2 is 1.53 bits per heavy atom. The van der Waals surface area contributed by atoms with Gasteiger partial charge in [-0.05, 0) is 35.9 Å². The second kappa shape index (κ2) is 9.84. The van der Waals surface area contributed by atoms with Crippen molar-refractivity contribution in [1.29, 1.82) is 0 Å². The number of carbonyl (C=O) groups is 2. The fourth-order valence-corrected chi connectivity index (χ4v) is 4.62. The van der Waals surface area contributed by atoms with E-state index in [9.17, 15) is 40.3 Å². The van der Waals surface area contributed by atoms with Gasteiger partial charge in [-0.3, -0.25) is 4.90 Å². The van der Waals surface area contributed by atoms with Gasteiger partial charge in [-0.25, -0.2) is 14.0 Å². The molecule has 2 aromatic rings. The van der Waals surface area contributed by atoms with Crippen molar-refractivity contribution < 1.29 is 45.1 Å². The average Bonchev–Trinajstić information content (AvgIpc) is 3.48. The zero-order valence-electron chi connectivity index (χ0n) is 20.1. The molecule has 2 aliphatic rings. The number of likely N-dealkylation sites (tertiary alicyclic amines) is 1. The van der Waals surface area contributed by atoms with Crippen LogP contribution in [0.2, 0.25) is 0 Å². The lowest BCUT2D eigenvalue weighted by molar-refractivity contribution is -0.143. The average molecular weight is 545 g/mol. The van der Waals surface area contributed by atoms with E-state index in [1.54, 1.807) is 4.90 Å². The van der Waals surface area contributed by atoms with Crippen LogP contribution in [0.3, 0.4) is 0 Å². The SMILES string of the molecule is CN(C(=O)N(C)[C@@H]1CN(C2=CC(=O)OC2)C[C@H]1c1ccc(F)cc1)c1cc(C(F)(F)F)cc(C(F)(F)F)c1. The van der Waals surface area contributed by atoms with Crippen molar-refractivity contribution in [2.45, 2.75) is 24.3 Å². The van der Waals surface area contributed by atoms with Gasteiger partial charge in [-0.2, -0.15) is 26.3 Å². The fourth-order valence-electron chi connectivity index (χ4n) is 4.62. The summed E-state index contributed by atoms with van der Waals surface area (Å²) in [6.07, 6.45) is -8.83. The highest BCUT2D eigenvalue weighted by molar-refractivity contribution is 5.92. The summed E-state index contributed by atoms with van der Waals surface area (Å²) in [7, 11) is 2.46. The van der Waals surface area contributed by atoms with Crippen molar-refractivity contribution in [2.24, 2.45) is 0 Å². The van der Waals surface area contributed by atoms with Crippen LogP contribution in [-0.2, 0) is 21.9 Å². The molecular weight excluding hydrogens is 523 g/mol. The second-order valence-corrected chi connectivity index (χ2v) is 9.09. The highest BCUT2D eigenvalue weighted by Gasteiger charge is 2.42. The Morgan fingerprint density at radius 3 is 2.03 bits per heavy atom. The van der Waals surface area contributed by atoms with Gasteiger partial charge in [0.25, 0.3) is 0 Å². The molecule has 1 saturated heterocycles. The normalized spacial score (nSPS) is 19.9. The number of amides is 2. The van der Waals surface area contributed by atoms with Gasteiger partial charge in [0.2, 0.25) is 0 Å². The zero-order chi connectivity index (χ0) is 28.0. The van der Waals surface area contributed by atoms with Crippen LogP contribution < -0.4 is 4.90 Å². The third-order valence-corrected chi connectivity index (χ3v) is 6.69. The van der Waals surface area contributed by atoms with Gasteiger partial charge < -0.3 is 14.5 Å². The summed E-state index contributed by atoms with van der Waals surface area (Å²) < 4.78 is 98.5. The van der Waals surface area contributed by atoms with Crippen molar-refractivity contribution in [3.8, 4) is 0 Å². The zero-order valence-corrected chi connectivity index (χ0v) is 20.1. The molecule has 2 aromatic carbocycles. The highest BCUT2D eigenvalue weighted by Crippen LogP contribution is 2.39. The first-order valence-corrected chi connectivity index (χ1v) is 11.3. The van der Waals surface area contributed by atoms with Gasteiger partial charge in [0, 0.05) is 44.9 Å². The summed E-state index contributed by atoms with van der Waals surface area (Å²) in [4.78, 5) is 28.7. The quantitative estimate of drug-likeness (QED) is 0.389. The van der Waals surface area contributed by atoms with Crippen LogP contribution in [0.4, 0.5) is 41.2 Å². The van der Waals surface area contributed by atoms with Crippen molar-refractivity contribution in [1.82, 2.24) is 9.80 Å². The minimum atomic E-state index is -5.07. The number of ether oxygens (including phenoxy) is 1. The molecular formula is C25H22F7N3O3. The predicted molar refractivity (Wildman–Crippen MR) is 122 cm³/mol. The van der Waals surface area contributed by atoms with Crippen molar-refractivity contribution in [3.63, 3.8) is 0 Å². The van der Waals surface area contributed by atoms with E-state index < -0.39 is 58.9 Å². The molecule has 0 spiro atoms. The number of carbonyl (C=O) groups excluding carboxylic acids is 2. The van der Waals surface area contributed by atoms with E-state index in [-0.39, 0.29) is 19.2 Å². The van der Waals surface area contributed by atoms with Crippen LogP contribution in [0.1, 0.15) is 22.6 Å². The largest absolute Gasteiger partial charge is 0.456 e. The van der Waals surface area contributed by atoms with E-state index in [1.807, 2.05) is 0 Å². The summed E-state index contributed by atoms with van der Waals surface area (Å²) in [5.41, 5.74) is -2.45. The van der Waals surface area contributed by atoms with Gasteiger partial charge in [0.15, 0.2) is 0 Å². The number of esters is 1. The van der Waals surface area contributed by atoms with Crippen molar-refractivity contribution in [2.75, 3.05) is 38.7 Å². The number of hydrogen-bond donors (Lipinski definition) is 0. The molecule has 2 aliphatic heterocycles. The molecule has 2 atom stereocenters. The van der Waals surface area contributed by atoms with E-state index in [2.05, 4.69) is 0 Å². The standard InChI is InChI=1S/C25H22F7N3O3/c1-33(18-8-15(24(27,28)29)7-16(9-18)25(30,31)32)23(37)34(2)21-12-35(19-10-22(36)38-13-19)11-20(21)14-3-5-17(26)6-4-14/h3-10,20-21H,11-13H2,1-2H3/t20-,21+/m0/s1. The number of likely N-dealkylation sites (N-methyl/N-ethyl adjacent to an activating group) is 1. The molecule has 4 rings (SSSR count). The Morgan fingerprint density at radius 1 is 0.947 bits per heavy atom.